The summed E-state index contributed by atoms with van der Waals surface area (Å²) in [6, 6.07) is 9.11. The summed E-state index contributed by atoms with van der Waals surface area (Å²) in [6.07, 6.45) is 2.82. The Bertz CT molecular complexity index is 1210. The van der Waals surface area contributed by atoms with E-state index < -0.39 is 6.29 Å². The van der Waals surface area contributed by atoms with Crippen molar-refractivity contribution < 1.29 is 23.8 Å². The molecule has 0 radical (unpaired) electrons. The Morgan fingerprint density at radius 3 is 2.54 bits per heavy atom. The highest BCUT2D eigenvalue weighted by molar-refractivity contribution is 7.13. The van der Waals surface area contributed by atoms with Gasteiger partial charge in [0.25, 0.3) is 0 Å². The van der Waals surface area contributed by atoms with Gasteiger partial charge >= 0.3 is 0 Å². The predicted molar refractivity (Wildman–Crippen MR) is 134 cm³/mol. The van der Waals surface area contributed by atoms with Crippen LogP contribution in [-0.2, 0) is 9.59 Å². The fraction of sp³-hybridized carbons (Fsp3) is 0.292. The first-order valence-electron chi connectivity index (χ1n) is 10.9. The van der Waals surface area contributed by atoms with Crippen molar-refractivity contribution in [3.05, 3.63) is 47.4 Å². The van der Waals surface area contributed by atoms with Gasteiger partial charge in [0.1, 0.15) is 11.5 Å². The molecule has 2 unspecified atom stereocenters. The van der Waals surface area contributed by atoms with E-state index in [0.717, 1.165) is 4.88 Å². The maximum Gasteiger partial charge on any atom is 0.249 e. The van der Waals surface area contributed by atoms with Gasteiger partial charge in [-0.2, -0.15) is 5.10 Å². The zero-order valence-electron chi connectivity index (χ0n) is 19.8. The molecule has 1 fully saturated rings. The van der Waals surface area contributed by atoms with Crippen LogP contribution in [0.4, 0.5) is 5.82 Å². The molecule has 4 rings (SSSR count). The van der Waals surface area contributed by atoms with E-state index in [1.807, 2.05) is 24.4 Å². The number of rotatable bonds is 8. The normalized spacial score (nSPS) is 17.8. The molecule has 0 saturated carbocycles. The predicted octanol–water partition coefficient (Wildman–Crippen LogP) is 3.24. The smallest absolute Gasteiger partial charge is 0.249 e. The Hall–Kier alpha value is -3.83. The van der Waals surface area contributed by atoms with Crippen LogP contribution in [0, 0.1) is 0 Å². The van der Waals surface area contributed by atoms with Crippen LogP contribution < -0.4 is 30.2 Å². The van der Waals surface area contributed by atoms with Gasteiger partial charge in [-0.25, -0.2) is 4.68 Å². The summed E-state index contributed by atoms with van der Waals surface area (Å²) in [5.74, 6) is 1.43. The standard InChI is InChI=1S/C24H27N5O5S/c1-14-10-22(31)27-24(25-14)29-20(13-16(28-29)19-6-5-9-35-19)26-21(30)8-7-15-11-17(32-2)23(34-4)18(12-15)33-3/h5-9,11-14,24-25H,10H2,1-4H3,(H,26,30)(H,27,31)/b8-7+. The number of carbonyl (C=O) groups excluding carboxylic acids is 2. The SMILES string of the molecule is COc1cc(/C=C/C(=O)Nc2cc(-c3cccs3)nn2C2NC(=O)CC(C)N2)cc(OC)c1OC. The molecule has 3 heterocycles. The third-order valence-electron chi connectivity index (χ3n) is 5.35. The van der Waals surface area contributed by atoms with Crippen LogP contribution in [0.25, 0.3) is 16.6 Å². The van der Waals surface area contributed by atoms with Crippen molar-refractivity contribution in [3.63, 3.8) is 0 Å². The van der Waals surface area contributed by atoms with Gasteiger partial charge in [-0.05, 0) is 42.1 Å². The first kappa shape index (κ1) is 24.3. The van der Waals surface area contributed by atoms with Gasteiger partial charge in [0, 0.05) is 24.6 Å². The van der Waals surface area contributed by atoms with E-state index in [1.54, 1.807) is 29.0 Å². The van der Waals surface area contributed by atoms with Crippen LogP contribution in [0.1, 0.15) is 25.2 Å². The zero-order valence-corrected chi connectivity index (χ0v) is 20.6. The summed E-state index contributed by atoms with van der Waals surface area (Å²) >= 11 is 1.54. The molecule has 0 bridgehead atoms. The van der Waals surface area contributed by atoms with E-state index in [1.165, 1.54) is 38.7 Å². The summed E-state index contributed by atoms with van der Waals surface area (Å²) in [4.78, 5) is 25.9. The second-order valence-corrected chi connectivity index (χ2v) is 8.81. The molecule has 2 atom stereocenters. The van der Waals surface area contributed by atoms with Crippen LogP contribution >= 0.6 is 11.3 Å². The van der Waals surface area contributed by atoms with Crippen LogP contribution in [0.2, 0.25) is 0 Å². The van der Waals surface area contributed by atoms with Crippen molar-refractivity contribution >= 4 is 35.0 Å². The molecule has 3 N–H and O–H groups in total. The molecule has 35 heavy (non-hydrogen) atoms. The first-order valence-corrected chi connectivity index (χ1v) is 11.8. The number of hydrogen-bond acceptors (Lipinski definition) is 8. The largest absolute Gasteiger partial charge is 0.493 e. The highest BCUT2D eigenvalue weighted by Gasteiger charge is 2.27. The van der Waals surface area contributed by atoms with E-state index in [9.17, 15) is 9.59 Å². The molecule has 3 aromatic rings. The third kappa shape index (κ3) is 5.47. The van der Waals surface area contributed by atoms with E-state index in [2.05, 4.69) is 21.0 Å². The van der Waals surface area contributed by atoms with E-state index in [4.69, 9.17) is 14.2 Å². The lowest BCUT2D eigenvalue weighted by atomic mass is 10.1. The molecular formula is C24H27N5O5S. The Morgan fingerprint density at radius 2 is 1.94 bits per heavy atom. The highest BCUT2D eigenvalue weighted by Crippen LogP contribution is 2.38. The molecular weight excluding hydrogens is 470 g/mol. The zero-order chi connectivity index (χ0) is 24.9. The molecule has 184 valence electrons. The lowest BCUT2D eigenvalue weighted by Crippen LogP contribution is -2.52. The van der Waals surface area contributed by atoms with E-state index >= 15 is 0 Å². The molecule has 0 aliphatic carbocycles. The van der Waals surface area contributed by atoms with Crippen LogP contribution in [-0.4, -0.2) is 49.0 Å². The topological polar surface area (TPSA) is 116 Å². The van der Waals surface area contributed by atoms with E-state index in [0.29, 0.717) is 40.7 Å². The number of thiophene rings is 1. The fourth-order valence-corrected chi connectivity index (χ4v) is 4.44. The number of aromatic nitrogens is 2. The van der Waals surface area contributed by atoms with Gasteiger partial charge < -0.3 is 24.8 Å². The van der Waals surface area contributed by atoms with Crippen molar-refractivity contribution in [2.45, 2.75) is 25.7 Å². The van der Waals surface area contributed by atoms with Crippen LogP contribution in [0.3, 0.4) is 0 Å². The van der Waals surface area contributed by atoms with Crippen molar-refractivity contribution in [2.24, 2.45) is 0 Å². The van der Waals surface area contributed by atoms with Crippen LogP contribution in [0.5, 0.6) is 17.2 Å². The third-order valence-corrected chi connectivity index (χ3v) is 6.24. The van der Waals surface area contributed by atoms with Gasteiger partial charge in [0.05, 0.1) is 26.2 Å². The summed E-state index contributed by atoms with van der Waals surface area (Å²) in [5, 5.41) is 15.6. The average Bonchev–Trinajstić information content (AvgIpc) is 3.51. The number of benzene rings is 1. The highest BCUT2D eigenvalue weighted by atomic mass is 32.1. The number of anilines is 1. The first-order chi connectivity index (χ1) is 16.9. The summed E-state index contributed by atoms with van der Waals surface area (Å²) in [5.41, 5.74) is 1.38. The summed E-state index contributed by atoms with van der Waals surface area (Å²) < 4.78 is 17.7. The minimum Gasteiger partial charge on any atom is -0.493 e. The number of methoxy groups -OCH3 is 3. The Balaban J connectivity index is 1.59. The number of hydrogen-bond donors (Lipinski definition) is 3. The van der Waals surface area contributed by atoms with Crippen LogP contribution in [0.15, 0.2) is 41.8 Å². The molecule has 2 aromatic heterocycles. The van der Waals surface area contributed by atoms with Gasteiger partial charge in [0.2, 0.25) is 17.6 Å². The minimum absolute atomic E-state index is 0.0355. The number of nitrogens with one attached hydrogen (secondary N) is 3. The van der Waals surface area contributed by atoms with Gasteiger partial charge in [0.15, 0.2) is 17.8 Å². The average molecular weight is 498 g/mol. The Kier molecular flexibility index (Phi) is 7.37. The number of amides is 2. The lowest BCUT2D eigenvalue weighted by molar-refractivity contribution is -0.125. The van der Waals surface area contributed by atoms with Crippen molar-refractivity contribution in [2.75, 3.05) is 26.6 Å². The second kappa shape index (κ2) is 10.6. The monoisotopic (exact) mass is 497 g/mol. The molecule has 1 saturated heterocycles. The Labute approximate surface area is 206 Å². The molecule has 1 aromatic carbocycles. The number of carbonyl (C=O) groups is 2. The Morgan fingerprint density at radius 1 is 1.20 bits per heavy atom. The molecule has 11 heteroatoms. The minimum atomic E-state index is -0.589. The second-order valence-electron chi connectivity index (χ2n) is 7.86. The number of ether oxygens (including phenoxy) is 3. The van der Waals surface area contributed by atoms with Crippen molar-refractivity contribution in [1.82, 2.24) is 20.4 Å². The lowest BCUT2D eigenvalue weighted by Gasteiger charge is -2.30. The van der Waals surface area contributed by atoms with Gasteiger partial charge in [-0.1, -0.05) is 6.07 Å². The molecule has 0 spiro atoms. The van der Waals surface area contributed by atoms with Gasteiger partial charge in [-0.3, -0.25) is 14.9 Å². The molecule has 2 amide bonds. The van der Waals surface area contributed by atoms with E-state index in [-0.39, 0.29) is 17.9 Å². The van der Waals surface area contributed by atoms with Crippen molar-refractivity contribution in [1.29, 1.82) is 0 Å². The van der Waals surface area contributed by atoms with Crippen molar-refractivity contribution in [3.8, 4) is 27.8 Å². The summed E-state index contributed by atoms with van der Waals surface area (Å²) in [7, 11) is 4.59. The molecule has 1 aliphatic rings. The van der Waals surface area contributed by atoms with Gasteiger partial charge in [-0.15, -0.1) is 11.3 Å². The molecule has 10 nitrogen and oxygen atoms in total. The number of nitrogens with zero attached hydrogens (tertiary/aromatic N) is 2. The maximum atomic E-state index is 12.8. The maximum absolute atomic E-state index is 12.8. The fourth-order valence-electron chi connectivity index (χ4n) is 3.76. The quantitative estimate of drug-likeness (QED) is 0.409. The molecule has 1 aliphatic heterocycles. The summed E-state index contributed by atoms with van der Waals surface area (Å²) in [6.45, 7) is 1.92.